The molecule has 0 saturated heterocycles. The second-order valence-corrected chi connectivity index (χ2v) is 4.00. The van der Waals surface area contributed by atoms with E-state index < -0.39 is 0 Å². The maximum Gasteiger partial charge on any atom is 0.161 e. The number of aromatic hydroxyl groups is 1. The van der Waals surface area contributed by atoms with Gasteiger partial charge in [-0.1, -0.05) is 48.6 Å². The summed E-state index contributed by atoms with van der Waals surface area (Å²) in [4.78, 5) is 0. The summed E-state index contributed by atoms with van der Waals surface area (Å²) in [6.07, 6.45) is 3.86. The number of allylic oxidation sites excluding steroid dienone is 1. The molecule has 0 unspecified atom stereocenters. The highest BCUT2D eigenvalue weighted by molar-refractivity contribution is 5.55. The lowest BCUT2D eigenvalue weighted by molar-refractivity contribution is 0.289. The van der Waals surface area contributed by atoms with Gasteiger partial charge >= 0.3 is 0 Å². The van der Waals surface area contributed by atoms with Crippen molar-refractivity contribution in [2.24, 2.45) is 0 Å². The van der Waals surface area contributed by atoms with E-state index in [0.717, 1.165) is 11.1 Å². The van der Waals surface area contributed by atoms with Crippen LogP contribution < -0.4 is 4.74 Å². The van der Waals surface area contributed by atoms with Gasteiger partial charge in [-0.3, -0.25) is 0 Å². The lowest BCUT2D eigenvalue weighted by Gasteiger charge is -2.08. The van der Waals surface area contributed by atoms with Crippen LogP contribution in [0.1, 0.15) is 18.1 Å². The van der Waals surface area contributed by atoms with Crippen LogP contribution in [0.2, 0.25) is 0 Å². The molecule has 0 heterocycles. The molecule has 92 valence electrons. The van der Waals surface area contributed by atoms with Gasteiger partial charge in [0.25, 0.3) is 0 Å². The number of phenolic OH excluding ortho intramolecular Hbond substituents is 1. The largest absolute Gasteiger partial charge is 0.504 e. The van der Waals surface area contributed by atoms with E-state index in [1.54, 1.807) is 12.1 Å². The zero-order valence-corrected chi connectivity index (χ0v) is 10.3. The molecule has 0 aliphatic carbocycles. The Bertz CT molecular complexity index is 530. The summed E-state index contributed by atoms with van der Waals surface area (Å²) in [6.45, 7) is 2.40. The van der Waals surface area contributed by atoms with Crippen LogP contribution in [0.25, 0.3) is 6.08 Å². The smallest absolute Gasteiger partial charge is 0.161 e. The first-order valence-electron chi connectivity index (χ1n) is 5.92. The van der Waals surface area contributed by atoms with Crippen LogP contribution in [0, 0.1) is 0 Å². The fourth-order valence-electron chi connectivity index (χ4n) is 1.69. The SMILES string of the molecule is C/C=C/c1ccc(OCc2ccccc2)c(O)c1. The first-order chi connectivity index (χ1) is 8.79. The Morgan fingerprint density at radius 2 is 1.89 bits per heavy atom. The van der Waals surface area contributed by atoms with Gasteiger partial charge in [0.2, 0.25) is 0 Å². The summed E-state index contributed by atoms with van der Waals surface area (Å²) >= 11 is 0. The quantitative estimate of drug-likeness (QED) is 0.875. The topological polar surface area (TPSA) is 29.5 Å². The molecule has 0 saturated carbocycles. The maximum atomic E-state index is 9.84. The summed E-state index contributed by atoms with van der Waals surface area (Å²) in [5, 5.41) is 9.84. The predicted octanol–water partition coefficient (Wildman–Crippen LogP) is 4.00. The Kier molecular flexibility index (Phi) is 4.02. The van der Waals surface area contributed by atoms with E-state index in [0.29, 0.717) is 12.4 Å². The van der Waals surface area contributed by atoms with Gasteiger partial charge in [0.15, 0.2) is 11.5 Å². The lowest BCUT2D eigenvalue weighted by atomic mass is 10.2. The molecule has 2 aromatic rings. The normalized spacial score (nSPS) is 10.7. The average Bonchev–Trinajstić information content (AvgIpc) is 2.39. The molecule has 18 heavy (non-hydrogen) atoms. The van der Waals surface area contributed by atoms with Crippen molar-refractivity contribution >= 4 is 6.08 Å². The molecule has 1 N–H and O–H groups in total. The minimum Gasteiger partial charge on any atom is -0.504 e. The number of ether oxygens (including phenoxy) is 1. The van der Waals surface area contributed by atoms with Gasteiger partial charge in [-0.2, -0.15) is 0 Å². The number of rotatable bonds is 4. The van der Waals surface area contributed by atoms with E-state index in [1.807, 2.05) is 55.5 Å². The van der Waals surface area contributed by atoms with Crippen LogP contribution in [0.5, 0.6) is 11.5 Å². The third-order valence-electron chi connectivity index (χ3n) is 2.58. The van der Waals surface area contributed by atoms with Crippen LogP contribution >= 0.6 is 0 Å². The molecule has 2 heteroatoms. The van der Waals surface area contributed by atoms with Crippen molar-refractivity contribution in [3.63, 3.8) is 0 Å². The monoisotopic (exact) mass is 240 g/mol. The fourth-order valence-corrected chi connectivity index (χ4v) is 1.69. The zero-order chi connectivity index (χ0) is 12.8. The average molecular weight is 240 g/mol. The molecule has 2 rings (SSSR count). The van der Waals surface area contributed by atoms with Crippen LogP contribution in [-0.2, 0) is 6.61 Å². The molecule has 0 aromatic heterocycles. The standard InChI is InChI=1S/C16H16O2/c1-2-6-13-9-10-16(15(17)11-13)18-12-14-7-4-3-5-8-14/h2-11,17H,12H2,1H3/b6-2+. The van der Waals surface area contributed by atoms with Crippen LogP contribution in [0.15, 0.2) is 54.6 Å². The Labute approximate surface area is 107 Å². The number of hydrogen-bond acceptors (Lipinski definition) is 2. The predicted molar refractivity (Wildman–Crippen MR) is 73.6 cm³/mol. The van der Waals surface area contributed by atoms with Crippen LogP contribution in [0.4, 0.5) is 0 Å². The first kappa shape index (κ1) is 12.2. The molecule has 0 amide bonds. The van der Waals surface area contributed by atoms with Crippen LogP contribution in [-0.4, -0.2) is 5.11 Å². The molecule has 0 spiro atoms. The van der Waals surface area contributed by atoms with E-state index in [1.165, 1.54) is 0 Å². The molecule has 0 radical (unpaired) electrons. The van der Waals surface area contributed by atoms with E-state index in [2.05, 4.69) is 0 Å². The molecule has 0 aliphatic rings. The van der Waals surface area contributed by atoms with Crippen molar-refractivity contribution in [1.82, 2.24) is 0 Å². The molecule has 0 atom stereocenters. The first-order valence-corrected chi connectivity index (χ1v) is 5.92. The molecule has 2 aromatic carbocycles. The van der Waals surface area contributed by atoms with Crippen molar-refractivity contribution in [2.45, 2.75) is 13.5 Å². The molecular formula is C16H16O2. The summed E-state index contributed by atoms with van der Waals surface area (Å²) in [7, 11) is 0. The van der Waals surface area contributed by atoms with Gasteiger partial charge in [-0.05, 0) is 30.2 Å². The number of phenols is 1. The van der Waals surface area contributed by atoms with E-state index in [4.69, 9.17) is 4.74 Å². The summed E-state index contributed by atoms with van der Waals surface area (Å²) in [5.74, 6) is 0.675. The second kappa shape index (κ2) is 5.92. The maximum absolute atomic E-state index is 9.84. The zero-order valence-electron chi connectivity index (χ0n) is 10.3. The van der Waals surface area contributed by atoms with Crippen molar-refractivity contribution in [3.8, 4) is 11.5 Å². The van der Waals surface area contributed by atoms with E-state index >= 15 is 0 Å². The van der Waals surface area contributed by atoms with Crippen molar-refractivity contribution in [2.75, 3.05) is 0 Å². The van der Waals surface area contributed by atoms with E-state index in [-0.39, 0.29) is 5.75 Å². The van der Waals surface area contributed by atoms with Gasteiger partial charge in [-0.15, -0.1) is 0 Å². The van der Waals surface area contributed by atoms with Gasteiger partial charge in [0.05, 0.1) is 0 Å². The Morgan fingerprint density at radius 1 is 1.11 bits per heavy atom. The highest BCUT2D eigenvalue weighted by atomic mass is 16.5. The Balaban J connectivity index is 2.06. The fraction of sp³-hybridized carbons (Fsp3) is 0.125. The molecule has 0 aliphatic heterocycles. The van der Waals surface area contributed by atoms with Crippen molar-refractivity contribution < 1.29 is 9.84 Å². The molecule has 0 fully saturated rings. The summed E-state index contributed by atoms with van der Waals surface area (Å²) in [6, 6.07) is 15.3. The third kappa shape index (κ3) is 3.14. The minimum absolute atomic E-state index is 0.168. The van der Waals surface area contributed by atoms with E-state index in [9.17, 15) is 5.11 Å². The third-order valence-corrected chi connectivity index (χ3v) is 2.58. The summed E-state index contributed by atoms with van der Waals surface area (Å²) in [5.41, 5.74) is 2.04. The highest BCUT2D eigenvalue weighted by Gasteiger charge is 2.02. The van der Waals surface area contributed by atoms with Gasteiger partial charge in [0, 0.05) is 0 Å². The number of hydrogen-bond donors (Lipinski definition) is 1. The molecular weight excluding hydrogens is 224 g/mol. The van der Waals surface area contributed by atoms with Crippen molar-refractivity contribution in [1.29, 1.82) is 0 Å². The van der Waals surface area contributed by atoms with Gasteiger partial charge in [-0.25, -0.2) is 0 Å². The second-order valence-electron chi connectivity index (χ2n) is 4.00. The minimum atomic E-state index is 0.168. The summed E-state index contributed by atoms with van der Waals surface area (Å²) < 4.78 is 5.58. The molecule has 0 bridgehead atoms. The van der Waals surface area contributed by atoms with Crippen LogP contribution in [0.3, 0.4) is 0 Å². The highest BCUT2D eigenvalue weighted by Crippen LogP contribution is 2.28. The van der Waals surface area contributed by atoms with Gasteiger partial charge < -0.3 is 9.84 Å². The Hall–Kier alpha value is -2.22. The lowest BCUT2D eigenvalue weighted by Crippen LogP contribution is -1.95. The van der Waals surface area contributed by atoms with Crippen molar-refractivity contribution in [3.05, 3.63) is 65.7 Å². The number of benzene rings is 2. The molecule has 2 nitrogen and oxygen atoms in total. The van der Waals surface area contributed by atoms with Gasteiger partial charge in [0.1, 0.15) is 6.61 Å². The Morgan fingerprint density at radius 3 is 2.56 bits per heavy atom.